The average Bonchev–Trinajstić information content (AvgIpc) is 2.98. The van der Waals surface area contributed by atoms with Gasteiger partial charge in [-0.2, -0.15) is 0 Å². The molecule has 7 nitrogen and oxygen atoms in total. The molecule has 4 aliphatic rings. The number of rotatable bonds is 3. The minimum absolute atomic E-state index is 0.00168. The number of likely N-dealkylation sites (N-methyl/N-ethyl adjacent to an activating group) is 1. The lowest BCUT2D eigenvalue weighted by molar-refractivity contribution is -0.187. The number of carboxylic acid groups (broad SMARTS) is 1. The number of aliphatic carboxylic acids is 1. The summed E-state index contributed by atoms with van der Waals surface area (Å²) < 4.78 is 6.32. The third-order valence-electron chi connectivity index (χ3n) is 7.56. The fraction of sp³-hybridized carbons (Fsp3) is 0.650. The van der Waals surface area contributed by atoms with Crippen molar-refractivity contribution in [2.45, 2.75) is 67.9 Å². The molecule has 0 radical (unpaired) electrons. The zero-order chi connectivity index (χ0) is 19.1. The topological polar surface area (TPSA) is 102 Å². The predicted molar refractivity (Wildman–Crippen MR) is 97.1 cm³/mol. The summed E-state index contributed by atoms with van der Waals surface area (Å²) in [7, 11) is 2.06. The molecule has 146 valence electrons. The Bertz CT molecular complexity index is 829. The highest BCUT2D eigenvalue weighted by Gasteiger charge is 2.72. The van der Waals surface area contributed by atoms with E-state index in [0.717, 1.165) is 30.5 Å². The van der Waals surface area contributed by atoms with E-state index in [1.54, 1.807) is 13.0 Å². The second kappa shape index (κ2) is 5.37. The smallest absolute Gasteiger partial charge is 0.320 e. The predicted octanol–water partition coefficient (Wildman–Crippen LogP) is 0.607. The van der Waals surface area contributed by atoms with E-state index in [-0.39, 0.29) is 17.8 Å². The van der Waals surface area contributed by atoms with E-state index in [0.29, 0.717) is 18.6 Å². The summed E-state index contributed by atoms with van der Waals surface area (Å²) in [5.74, 6) is -0.324. The van der Waals surface area contributed by atoms with Crippen LogP contribution in [-0.4, -0.2) is 69.6 Å². The van der Waals surface area contributed by atoms with Crippen molar-refractivity contribution < 1.29 is 24.9 Å². The first-order valence-corrected chi connectivity index (χ1v) is 9.73. The molecule has 0 amide bonds. The van der Waals surface area contributed by atoms with Gasteiger partial charge in [-0.1, -0.05) is 6.07 Å². The van der Waals surface area contributed by atoms with Crippen LogP contribution in [0.3, 0.4) is 0 Å². The minimum atomic E-state index is -0.943. The van der Waals surface area contributed by atoms with Gasteiger partial charge in [0, 0.05) is 17.6 Å². The fourth-order valence-electron chi connectivity index (χ4n) is 6.32. The zero-order valence-electron chi connectivity index (χ0n) is 15.6. The number of likely N-dealkylation sites (tertiary alicyclic amines) is 1. The Morgan fingerprint density at radius 2 is 2.19 bits per heavy atom. The summed E-state index contributed by atoms with van der Waals surface area (Å²) >= 11 is 0. The van der Waals surface area contributed by atoms with Crippen LogP contribution in [0.1, 0.15) is 37.3 Å². The third kappa shape index (κ3) is 1.94. The lowest BCUT2D eigenvalue weighted by Crippen LogP contribution is -2.78. The van der Waals surface area contributed by atoms with Crippen molar-refractivity contribution in [2.24, 2.45) is 0 Å². The van der Waals surface area contributed by atoms with Crippen LogP contribution in [-0.2, 0) is 16.6 Å². The number of aliphatic hydroxyl groups is 1. The molecule has 5 rings (SSSR count). The highest BCUT2D eigenvalue weighted by atomic mass is 16.5. The number of piperidine rings is 1. The van der Waals surface area contributed by atoms with Gasteiger partial charge in [0.05, 0.1) is 11.0 Å². The summed E-state index contributed by atoms with van der Waals surface area (Å²) in [5.41, 5.74) is 0.522. The summed E-state index contributed by atoms with van der Waals surface area (Å²) in [6, 6.07) is 2.72. The van der Waals surface area contributed by atoms with Crippen LogP contribution in [0.15, 0.2) is 12.1 Å². The first-order valence-electron chi connectivity index (χ1n) is 9.73. The first-order chi connectivity index (χ1) is 12.8. The second-order valence-corrected chi connectivity index (χ2v) is 8.70. The summed E-state index contributed by atoms with van der Waals surface area (Å²) in [4.78, 5) is 13.6. The molecule has 2 aliphatic heterocycles. The molecule has 6 atom stereocenters. The Morgan fingerprint density at radius 1 is 1.41 bits per heavy atom. The van der Waals surface area contributed by atoms with E-state index in [4.69, 9.17) is 4.74 Å². The molecule has 27 heavy (non-hydrogen) atoms. The van der Waals surface area contributed by atoms with Crippen LogP contribution < -0.4 is 10.1 Å². The van der Waals surface area contributed by atoms with Crippen LogP contribution in [0.4, 0.5) is 0 Å². The van der Waals surface area contributed by atoms with Crippen molar-refractivity contribution in [1.29, 1.82) is 0 Å². The van der Waals surface area contributed by atoms with Gasteiger partial charge in [-0.15, -0.1) is 0 Å². The molecule has 2 heterocycles. The maximum atomic E-state index is 12.0. The van der Waals surface area contributed by atoms with Gasteiger partial charge in [0.1, 0.15) is 12.1 Å². The number of phenols is 1. The molecule has 7 heteroatoms. The number of nitrogens with zero attached hydrogens (tertiary/aromatic N) is 1. The number of benzene rings is 1. The van der Waals surface area contributed by atoms with Gasteiger partial charge in [-0.3, -0.25) is 10.1 Å². The number of phenolic OH excluding ortho intramolecular Hbond substituents is 1. The Labute approximate surface area is 157 Å². The molecule has 2 aliphatic carbocycles. The Morgan fingerprint density at radius 3 is 2.93 bits per heavy atom. The van der Waals surface area contributed by atoms with Crippen molar-refractivity contribution in [3.63, 3.8) is 0 Å². The normalized spacial score (nSPS) is 40.2. The van der Waals surface area contributed by atoms with Crippen molar-refractivity contribution in [1.82, 2.24) is 10.2 Å². The molecular weight excluding hydrogens is 348 g/mol. The van der Waals surface area contributed by atoms with Gasteiger partial charge < -0.3 is 25.0 Å². The van der Waals surface area contributed by atoms with Crippen LogP contribution in [0.5, 0.6) is 11.5 Å². The molecule has 2 unspecified atom stereocenters. The van der Waals surface area contributed by atoms with E-state index in [9.17, 15) is 20.1 Å². The van der Waals surface area contributed by atoms with Gasteiger partial charge >= 0.3 is 5.97 Å². The summed E-state index contributed by atoms with van der Waals surface area (Å²) in [6.07, 6.45) is 2.29. The quantitative estimate of drug-likeness (QED) is 0.615. The van der Waals surface area contributed by atoms with Gasteiger partial charge in [0.15, 0.2) is 11.5 Å². The van der Waals surface area contributed by atoms with Gasteiger partial charge in [0.2, 0.25) is 0 Å². The molecule has 1 spiro atoms. The SMILES string of the molecule is C[C@H](N[C@@H]1CC[C@@]2(O)C3Cc4ccc(O)c5c4C2(CCN3C)[C@H]1O5)C(=O)O. The van der Waals surface area contributed by atoms with Crippen molar-refractivity contribution in [3.05, 3.63) is 23.3 Å². The van der Waals surface area contributed by atoms with Crippen LogP contribution in [0.25, 0.3) is 0 Å². The molecule has 1 aromatic rings. The average molecular weight is 374 g/mol. The molecule has 2 fully saturated rings. The zero-order valence-corrected chi connectivity index (χ0v) is 15.6. The van der Waals surface area contributed by atoms with E-state index >= 15 is 0 Å². The lowest BCUT2D eigenvalue weighted by atomic mass is 9.48. The van der Waals surface area contributed by atoms with Gasteiger partial charge in [0.25, 0.3) is 0 Å². The number of nitrogens with one attached hydrogen (secondary N) is 1. The number of ether oxygens (including phenoxy) is 1. The Kier molecular flexibility index (Phi) is 3.44. The fourth-order valence-corrected chi connectivity index (χ4v) is 6.32. The van der Waals surface area contributed by atoms with Gasteiger partial charge in [-0.05, 0) is 57.8 Å². The maximum Gasteiger partial charge on any atom is 0.320 e. The molecule has 0 aromatic heterocycles. The Hall–Kier alpha value is -1.83. The largest absolute Gasteiger partial charge is 0.504 e. The second-order valence-electron chi connectivity index (χ2n) is 8.70. The number of hydrogen-bond donors (Lipinski definition) is 4. The highest BCUT2D eigenvalue weighted by molar-refractivity contribution is 5.73. The van der Waals surface area contributed by atoms with Crippen molar-refractivity contribution >= 4 is 5.97 Å². The van der Waals surface area contributed by atoms with Crippen LogP contribution >= 0.6 is 0 Å². The number of carboxylic acids is 1. The van der Waals surface area contributed by atoms with Crippen molar-refractivity contribution in [2.75, 3.05) is 13.6 Å². The highest BCUT2D eigenvalue weighted by Crippen LogP contribution is 2.65. The van der Waals surface area contributed by atoms with Gasteiger partial charge in [-0.25, -0.2) is 0 Å². The minimum Gasteiger partial charge on any atom is -0.504 e. The molecule has 1 saturated heterocycles. The van der Waals surface area contributed by atoms with E-state index in [1.165, 1.54) is 0 Å². The monoisotopic (exact) mass is 374 g/mol. The van der Waals surface area contributed by atoms with E-state index in [2.05, 4.69) is 17.3 Å². The third-order valence-corrected chi connectivity index (χ3v) is 7.56. The first kappa shape index (κ1) is 17.3. The number of aromatic hydroxyl groups is 1. The number of carbonyl (C=O) groups is 1. The van der Waals surface area contributed by atoms with E-state index in [1.807, 2.05) is 6.07 Å². The lowest BCUT2D eigenvalue weighted by Gasteiger charge is -2.63. The summed E-state index contributed by atoms with van der Waals surface area (Å²) in [6.45, 7) is 2.46. The Balaban J connectivity index is 1.68. The standard InChI is InChI=1S/C20H26N2O5/c1-10(18(24)25)21-12-5-6-20(26)14-9-11-3-4-13(23)16-15(11)19(20,17(12)27-16)7-8-22(14)2/h3-4,10,12,14,17,21,23,26H,5-9H2,1-2H3,(H,24,25)/t10-,12+,14?,17-,19?,20+/m0/s1. The molecule has 2 bridgehead atoms. The molecule has 4 N–H and O–H groups in total. The molecular formula is C20H26N2O5. The molecule has 1 aromatic carbocycles. The van der Waals surface area contributed by atoms with E-state index < -0.39 is 29.1 Å². The molecule has 1 saturated carbocycles. The summed E-state index contributed by atoms with van der Waals surface area (Å²) in [5, 5.41) is 35.0. The maximum absolute atomic E-state index is 12.0. The van der Waals surface area contributed by atoms with Crippen LogP contribution in [0.2, 0.25) is 0 Å². The van der Waals surface area contributed by atoms with Crippen LogP contribution in [0, 0.1) is 0 Å². The van der Waals surface area contributed by atoms with Crippen molar-refractivity contribution in [3.8, 4) is 11.5 Å². The number of hydrogen-bond acceptors (Lipinski definition) is 6.